The maximum absolute atomic E-state index is 11.8. The maximum Gasteiger partial charge on any atom is 0.408 e. The number of alkyl carbamates (subject to hydrolysis) is 1. The molecule has 1 aliphatic carbocycles. The van der Waals surface area contributed by atoms with E-state index in [-0.39, 0.29) is 0 Å². The van der Waals surface area contributed by atoms with Crippen molar-refractivity contribution in [2.24, 2.45) is 0 Å². The Balaban J connectivity index is 2.12. The number of ether oxygens (including phenoxy) is 1. The first-order valence-corrected chi connectivity index (χ1v) is 7.01. The number of carbonyl (C=O) groups excluding carboxylic acids is 1. The third-order valence-corrected chi connectivity index (χ3v) is 3.42. The number of benzene rings is 1. The van der Waals surface area contributed by atoms with E-state index in [0.29, 0.717) is 6.42 Å². The SMILES string of the molecule is CC(C)(C)OC(=O)N[C@@H]1c2ccc(Br)cc2C[C@@H]1O. The van der Waals surface area contributed by atoms with Crippen LogP contribution >= 0.6 is 15.9 Å². The lowest BCUT2D eigenvalue weighted by molar-refractivity contribution is 0.0438. The van der Waals surface area contributed by atoms with Gasteiger partial charge in [0.1, 0.15) is 5.60 Å². The standard InChI is InChI=1S/C14H18BrNO3/c1-14(2,3)19-13(18)16-12-10-5-4-9(15)6-8(10)7-11(12)17/h4-6,11-12,17H,7H2,1-3H3,(H,16,18)/t11-,12+/m0/s1. The predicted octanol–water partition coefficient (Wildman–Crippen LogP) is 2.93. The molecule has 4 nitrogen and oxygen atoms in total. The molecule has 1 amide bonds. The van der Waals surface area contributed by atoms with Crippen LogP contribution in [0.15, 0.2) is 22.7 Å². The molecule has 2 rings (SSSR count). The topological polar surface area (TPSA) is 58.6 Å². The number of halogens is 1. The number of aliphatic hydroxyl groups is 1. The summed E-state index contributed by atoms with van der Waals surface area (Å²) < 4.78 is 6.19. The van der Waals surface area contributed by atoms with Crippen molar-refractivity contribution >= 4 is 22.0 Å². The van der Waals surface area contributed by atoms with Gasteiger partial charge in [0.05, 0.1) is 12.1 Å². The molecule has 1 aliphatic rings. The summed E-state index contributed by atoms with van der Waals surface area (Å²) in [6, 6.07) is 5.38. The van der Waals surface area contributed by atoms with Crippen molar-refractivity contribution in [1.29, 1.82) is 0 Å². The summed E-state index contributed by atoms with van der Waals surface area (Å²) in [5.41, 5.74) is 1.44. The molecule has 0 unspecified atom stereocenters. The second kappa shape index (κ2) is 5.13. The number of nitrogens with one attached hydrogen (secondary N) is 1. The van der Waals surface area contributed by atoms with Gasteiger partial charge >= 0.3 is 6.09 Å². The average molecular weight is 328 g/mol. The molecule has 0 spiro atoms. The van der Waals surface area contributed by atoms with Crippen LogP contribution < -0.4 is 5.32 Å². The van der Waals surface area contributed by atoms with E-state index in [0.717, 1.165) is 15.6 Å². The summed E-state index contributed by atoms with van der Waals surface area (Å²) in [6.45, 7) is 5.42. The van der Waals surface area contributed by atoms with Crippen LogP contribution in [0.2, 0.25) is 0 Å². The summed E-state index contributed by atoms with van der Waals surface area (Å²) in [5, 5.41) is 12.8. The average Bonchev–Trinajstić information content (AvgIpc) is 2.51. The molecule has 0 heterocycles. The molecule has 0 aromatic heterocycles. The Morgan fingerprint density at radius 2 is 2.16 bits per heavy atom. The number of carbonyl (C=O) groups is 1. The van der Waals surface area contributed by atoms with E-state index in [4.69, 9.17) is 4.74 Å². The van der Waals surface area contributed by atoms with Gasteiger partial charge in [-0.15, -0.1) is 0 Å². The van der Waals surface area contributed by atoms with Crippen LogP contribution in [0.25, 0.3) is 0 Å². The second-order valence-corrected chi connectivity index (χ2v) is 6.65. The van der Waals surface area contributed by atoms with Gasteiger partial charge < -0.3 is 15.2 Å². The van der Waals surface area contributed by atoms with Gasteiger partial charge in [0, 0.05) is 10.9 Å². The first-order valence-electron chi connectivity index (χ1n) is 6.22. The Kier molecular flexibility index (Phi) is 3.87. The lowest BCUT2D eigenvalue weighted by Crippen LogP contribution is -2.38. The molecular weight excluding hydrogens is 310 g/mol. The van der Waals surface area contributed by atoms with Crippen LogP contribution in [-0.4, -0.2) is 22.9 Å². The fourth-order valence-electron chi connectivity index (χ4n) is 2.21. The van der Waals surface area contributed by atoms with Gasteiger partial charge in [0.15, 0.2) is 0 Å². The molecule has 0 saturated carbocycles. The predicted molar refractivity (Wildman–Crippen MR) is 76.0 cm³/mol. The van der Waals surface area contributed by atoms with Crippen LogP contribution in [0.3, 0.4) is 0 Å². The van der Waals surface area contributed by atoms with E-state index >= 15 is 0 Å². The summed E-state index contributed by atoms with van der Waals surface area (Å²) >= 11 is 3.40. The third-order valence-electron chi connectivity index (χ3n) is 2.93. The van der Waals surface area contributed by atoms with Crippen molar-refractivity contribution in [2.45, 2.75) is 44.9 Å². The molecule has 0 saturated heterocycles. The molecule has 1 aromatic carbocycles. The van der Waals surface area contributed by atoms with Crippen molar-refractivity contribution < 1.29 is 14.6 Å². The number of aliphatic hydroxyl groups excluding tert-OH is 1. The summed E-state index contributed by atoms with van der Waals surface area (Å²) in [6.07, 6.45) is -0.584. The second-order valence-electron chi connectivity index (χ2n) is 5.74. The lowest BCUT2D eigenvalue weighted by atomic mass is 10.1. The van der Waals surface area contributed by atoms with Crippen molar-refractivity contribution in [2.75, 3.05) is 0 Å². The number of fused-ring (bicyclic) bond motifs is 1. The summed E-state index contributed by atoms with van der Waals surface area (Å²) in [4.78, 5) is 11.8. The smallest absolute Gasteiger partial charge is 0.408 e. The van der Waals surface area contributed by atoms with Gasteiger partial charge in [-0.1, -0.05) is 22.0 Å². The molecule has 0 bridgehead atoms. The van der Waals surface area contributed by atoms with E-state index in [1.54, 1.807) is 0 Å². The van der Waals surface area contributed by atoms with Gasteiger partial charge in [0.25, 0.3) is 0 Å². The van der Waals surface area contributed by atoms with Crippen molar-refractivity contribution in [3.05, 3.63) is 33.8 Å². The molecule has 0 aliphatic heterocycles. The highest BCUT2D eigenvalue weighted by Crippen LogP contribution is 2.33. The number of hydrogen-bond acceptors (Lipinski definition) is 3. The maximum atomic E-state index is 11.8. The zero-order chi connectivity index (χ0) is 14.2. The van der Waals surface area contributed by atoms with Gasteiger partial charge in [-0.2, -0.15) is 0 Å². The van der Waals surface area contributed by atoms with Crippen molar-refractivity contribution in [1.82, 2.24) is 5.32 Å². The molecule has 5 heteroatoms. The monoisotopic (exact) mass is 327 g/mol. The first kappa shape index (κ1) is 14.3. The van der Waals surface area contributed by atoms with E-state index in [2.05, 4.69) is 21.2 Å². The Bertz CT molecular complexity index is 496. The fraction of sp³-hybridized carbons (Fsp3) is 0.500. The number of hydrogen-bond donors (Lipinski definition) is 2. The van der Waals surface area contributed by atoms with Gasteiger partial charge in [0.2, 0.25) is 0 Å². The van der Waals surface area contributed by atoms with Gasteiger partial charge in [-0.05, 0) is 44.0 Å². The Hall–Kier alpha value is -1.07. The minimum absolute atomic E-state index is 0.405. The third kappa shape index (κ3) is 3.48. The summed E-state index contributed by atoms with van der Waals surface area (Å²) in [5.74, 6) is 0. The highest BCUT2D eigenvalue weighted by molar-refractivity contribution is 9.10. The molecular formula is C14H18BrNO3. The summed E-state index contributed by atoms with van der Waals surface area (Å²) in [7, 11) is 0. The largest absolute Gasteiger partial charge is 0.444 e. The van der Waals surface area contributed by atoms with Crippen LogP contribution in [0.4, 0.5) is 4.79 Å². The first-order chi connectivity index (χ1) is 8.76. The van der Waals surface area contributed by atoms with E-state index in [1.807, 2.05) is 39.0 Å². The van der Waals surface area contributed by atoms with Crippen molar-refractivity contribution in [3.8, 4) is 0 Å². The van der Waals surface area contributed by atoms with Crippen LogP contribution in [0.1, 0.15) is 37.9 Å². The minimum Gasteiger partial charge on any atom is -0.444 e. The normalized spacial score (nSPS) is 21.9. The zero-order valence-electron chi connectivity index (χ0n) is 11.2. The highest BCUT2D eigenvalue weighted by atomic mass is 79.9. The van der Waals surface area contributed by atoms with Gasteiger partial charge in [-0.3, -0.25) is 0 Å². The zero-order valence-corrected chi connectivity index (χ0v) is 12.8. The Morgan fingerprint density at radius 1 is 1.47 bits per heavy atom. The Morgan fingerprint density at radius 3 is 2.79 bits per heavy atom. The molecule has 1 aromatic rings. The van der Waals surface area contributed by atoms with Crippen molar-refractivity contribution in [3.63, 3.8) is 0 Å². The van der Waals surface area contributed by atoms with Crippen LogP contribution in [0.5, 0.6) is 0 Å². The highest BCUT2D eigenvalue weighted by Gasteiger charge is 2.33. The fourth-order valence-corrected chi connectivity index (χ4v) is 2.62. The van der Waals surface area contributed by atoms with E-state index in [9.17, 15) is 9.90 Å². The number of rotatable bonds is 1. The molecule has 0 fully saturated rings. The molecule has 2 N–H and O–H groups in total. The van der Waals surface area contributed by atoms with Crippen LogP contribution in [0, 0.1) is 0 Å². The molecule has 19 heavy (non-hydrogen) atoms. The number of amides is 1. The van der Waals surface area contributed by atoms with Crippen LogP contribution in [-0.2, 0) is 11.2 Å². The minimum atomic E-state index is -0.614. The van der Waals surface area contributed by atoms with Gasteiger partial charge in [-0.25, -0.2) is 4.79 Å². The molecule has 2 atom stereocenters. The molecule has 0 radical (unpaired) electrons. The quantitative estimate of drug-likeness (QED) is 0.833. The van der Waals surface area contributed by atoms with E-state index in [1.165, 1.54) is 0 Å². The lowest BCUT2D eigenvalue weighted by Gasteiger charge is -2.23. The van der Waals surface area contributed by atoms with E-state index < -0.39 is 23.8 Å². The Labute approximate surface area is 121 Å². The molecule has 104 valence electrons.